The minimum atomic E-state index is -0.242. The van der Waals surface area contributed by atoms with Gasteiger partial charge in [-0.25, -0.2) is 4.98 Å². The first-order valence-electron chi connectivity index (χ1n) is 6.78. The second-order valence-corrected chi connectivity index (χ2v) is 5.14. The summed E-state index contributed by atoms with van der Waals surface area (Å²) in [4.78, 5) is 16.3. The standard InChI is InChI=1S/C15H18ClN3O2/c1-4-17-14-12(16)7-11(8-18-14)15(20)19-10(3)13-6-5-9(2)21-13/h5-8,10H,4H2,1-3H3,(H,17,18)(H,19,20). The van der Waals surface area contributed by atoms with E-state index < -0.39 is 0 Å². The van der Waals surface area contributed by atoms with Crippen molar-refractivity contribution in [3.05, 3.63) is 46.5 Å². The van der Waals surface area contributed by atoms with Crippen molar-refractivity contribution in [1.82, 2.24) is 10.3 Å². The summed E-state index contributed by atoms with van der Waals surface area (Å²) in [5.41, 5.74) is 0.414. The highest BCUT2D eigenvalue weighted by atomic mass is 35.5. The molecule has 2 aromatic heterocycles. The van der Waals surface area contributed by atoms with Gasteiger partial charge in [0.1, 0.15) is 17.3 Å². The third-order valence-electron chi connectivity index (χ3n) is 2.98. The predicted molar refractivity (Wildman–Crippen MR) is 82.7 cm³/mol. The average molecular weight is 308 g/mol. The van der Waals surface area contributed by atoms with Crippen LogP contribution >= 0.6 is 11.6 Å². The van der Waals surface area contributed by atoms with Crippen LogP contribution in [0, 0.1) is 6.92 Å². The molecule has 0 aliphatic carbocycles. The van der Waals surface area contributed by atoms with Gasteiger partial charge in [0.05, 0.1) is 16.6 Å². The molecule has 2 rings (SSSR count). The lowest BCUT2D eigenvalue weighted by Gasteiger charge is -2.12. The number of hydrogen-bond donors (Lipinski definition) is 2. The molecule has 1 amide bonds. The Labute approximate surface area is 128 Å². The zero-order valence-electron chi connectivity index (χ0n) is 12.2. The van der Waals surface area contributed by atoms with E-state index in [0.717, 1.165) is 5.76 Å². The van der Waals surface area contributed by atoms with Crippen LogP contribution in [0.4, 0.5) is 5.82 Å². The number of rotatable bonds is 5. The first kappa shape index (κ1) is 15.4. The van der Waals surface area contributed by atoms with Crippen LogP contribution in [0.25, 0.3) is 0 Å². The van der Waals surface area contributed by atoms with Crippen molar-refractivity contribution in [2.45, 2.75) is 26.8 Å². The molecule has 0 spiro atoms. The number of carbonyl (C=O) groups excluding carboxylic acids is 1. The molecule has 21 heavy (non-hydrogen) atoms. The quantitative estimate of drug-likeness (QED) is 0.886. The van der Waals surface area contributed by atoms with Gasteiger partial charge in [-0.15, -0.1) is 0 Å². The number of aromatic nitrogens is 1. The maximum Gasteiger partial charge on any atom is 0.253 e. The lowest BCUT2D eigenvalue weighted by atomic mass is 10.2. The molecular formula is C15H18ClN3O2. The molecular weight excluding hydrogens is 290 g/mol. The number of aryl methyl sites for hydroxylation is 1. The third kappa shape index (κ3) is 3.76. The number of halogens is 1. The molecule has 1 atom stereocenters. The number of pyridine rings is 1. The Morgan fingerprint density at radius 1 is 1.48 bits per heavy atom. The molecule has 0 fully saturated rings. The van der Waals surface area contributed by atoms with E-state index in [1.165, 1.54) is 6.20 Å². The van der Waals surface area contributed by atoms with Crippen LogP contribution in [-0.4, -0.2) is 17.4 Å². The maximum absolute atomic E-state index is 12.2. The van der Waals surface area contributed by atoms with E-state index >= 15 is 0 Å². The van der Waals surface area contributed by atoms with Gasteiger partial charge in [-0.05, 0) is 39.0 Å². The van der Waals surface area contributed by atoms with Crippen LogP contribution < -0.4 is 10.6 Å². The van der Waals surface area contributed by atoms with Gasteiger partial charge in [0.25, 0.3) is 5.91 Å². The lowest BCUT2D eigenvalue weighted by molar-refractivity contribution is 0.0935. The zero-order valence-corrected chi connectivity index (χ0v) is 13.0. The van der Waals surface area contributed by atoms with Crippen molar-refractivity contribution < 1.29 is 9.21 Å². The van der Waals surface area contributed by atoms with Gasteiger partial charge in [0.15, 0.2) is 0 Å². The second kappa shape index (κ2) is 6.63. The van der Waals surface area contributed by atoms with E-state index in [1.807, 2.05) is 32.9 Å². The van der Waals surface area contributed by atoms with Crippen LogP contribution in [0.2, 0.25) is 5.02 Å². The van der Waals surface area contributed by atoms with Crippen LogP contribution in [0.3, 0.4) is 0 Å². The number of nitrogens with zero attached hydrogens (tertiary/aromatic N) is 1. The summed E-state index contributed by atoms with van der Waals surface area (Å²) >= 11 is 6.09. The van der Waals surface area contributed by atoms with Crippen LogP contribution in [0.15, 0.2) is 28.8 Å². The number of carbonyl (C=O) groups is 1. The number of nitrogens with one attached hydrogen (secondary N) is 2. The van der Waals surface area contributed by atoms with Crippen molar-refractivity contribution in [2.75, 3.05) is 11.9 Å². The topological polar surface area (TPSA) is 67.2 Å². The summed E-state index contributed by atoms with van der Waals surface area (Å²) in [5.74, 6) is 1.86. The monoisotopic (exact) mass is 307 g/mol. The summed E-state index contributed by atoms with van der Waals surface area (Å²) in [7, 11) is 0. The minimum Gasteiger partial charge on any atom is -0.464 e. The van der Waals surface area contributed by atoms with Crippen molar-refractivity contribution in [3.8, 4) is 0 Å². The highest BCUT2D eigenvalue weighted by Crippen LogP contribution is 2.21. The second-order valence-electron chi connectivity index (χ2n) is 4.73. The van der Waals surface area contributed by atoms with Crippen molar-refractivity contribution in [2.24, 2.45) is 0 Å². The molecule has 0 aromatic carbocycles. The first-order valence-corrected chi connectivity index (χ1v) is 7.15. The Kier molecular flexibility index (Phi) is 4.85. The zero-order chi connectivity index (χ0) is 15.4. The smallest absolute Gasteiger partial charge is 0.253 e. The summed E-state index contributed by atoms with van der Waals surface area (Å²) in [6, 6.07) is 5.09. The summed E-state index contributed by atoms with van der Waals surface area (Å²) in [5, 5.41) is 6.30. The Morgan fingerprint density at radius 3 is 2.81 bits per heavy atom. The number of furan rings is 1. The van der Waals surface area contributed by atoms with E-state index in [-0.39, 0.29) is 11.9 Å². The first-order chi connectivity index (χ1) is 10.0. The third-order valence-corrected chi connectivity index (χ3v) is 3.27. The van der Waals surface area contributed by atoms with E-state index in [9.17, 15) is 4.79 Å². The molecule has 0 radical (unpaired) electrons. The number of amides is 1. The fourth-order valence-corrected chi connectivity index (χ4v) is 2.13. The van der Waals surface area contributed by atoms with Crippen LogP contribution in [-0.2, 0) is 0 Å². The molecule has 2 N–H and O–H groups in total. The van der Waals surface area contributed by atoms with Crippen molar-refractivity contribution >= 4 is 23.3 Å². The van der Waals surface area contributed by atoms with Gasteiger partial charge in [-0.2, -0.15) is 0 Å². The molecule has 0 bridgehead atoms. The fraction of sp³-hybridized carbons (Fsp3) is 0.333. The van der Waals surface area contributed by atoms with Gasteiger partial charge in [0, 0.05) is 12.7 Å². The summed E-state index contributed by atoms with van der Waals surface area (Å²) < 4.78 is 5.49. The van der Waals surface area contributed by atoms with E-state index in [0.29, 0.717) is 28.7 Å². The van der Waals surface area contributed by atoms with Gasteiger partial charge in [-0.3, -0.25) is 4.79 Å². The fourth-order valence-electron chi connectivity index (χ4n) is 1.90. The highest BCUT2D eigenvalue weighted by Gasteiger charge is 2.15. The van der Waals surface area contributed by atoms with Gasteiger partial charge in [0.2, 0.25) is 0 Å². The molecule has 6 heteroatoms. The van der Waals surface area contributed by atoms with E-state index in [1.54, 1.807) is 6.07 Å². The molecule has 0 saturated carbocycles. The van der Waals surface area contributed by atoms with Crippen molar-refractivity contribution in [1.29, 1.82) is 0 Å². The molecule has 0 aliphatic heterocycles. The average Bonchev–Trinajstić information content (AvgIpc) is 2.88. The van der Waals surface area contributed by atoms with Gasteiger partial charge >= 0.3 is 0 Å². The van der Waals surface area contributed by atoms with Crippen molar-refractivity contribution in [3.63, 3.8) is 0 Å². The SMILES string of the molecule is CCNc1ncc(C(=O)NC(C)c2ccc(C)o2)cc1Cl. The number of hydrogen-bond acceptors (Lipinski definition) is 4. The van der Waals surface area contributed by atoms with E-state index in [4.69, 9.17) is 16.0 Å². The maximum atomic E-state index is 12.2. The minimum absolute atomic E-state index is 0.224. The van der Waals surface area contributed by atoms with Gasteiger partial charge < -0.3 is 15.1 Å². The predicted octanol–water partition coefficient (Wildman–Crippen LogP) is 3.56. The van der Waals surface area contributed by atoms with Gasteiger partial charge in [-0.1, -0.05) is 11.6 Å². The molecule has 5 nitrogen and oxygen atoms in total. The van der Waals surface area contributed by atoms with E-state index in [2.05, 4.69) is 15.6 Å². The Morgan fingerprint density at radius 2 is 2.24 bits per heavy atom. The molecule has 2 heterocycles. The van der Waals surface area contributed by atoms with Crippen LogP contribution in [0.1, 0.15) is 41.8 Å². The van der Waals surface area contributed by atoms with Crippen LogP contribution in [0.5, 0.6) is 0 Å². The Hall–Kier alpha value is -2.01. The normalized spacial score (nSPS) is 12.0. The molecule has 0 aliphatic rings. The Bertz CT molecular complexity index is 640. The molecule has 0 saturated heterocycles. The highest BCUT2D eigenvalue weighted by molar-refractivity contribution is 6.33. The molecule has 112 valence electrons. The Balaban J connectivity index is 2.08. The largest absolute Gasteiger partial charge is 0.464 e. The summed E-state index contributed by atoms with van der Waals surface area (Å²) in [6.45, 7) is 6.39. The molecule has 2 aromatic rings. The number of anilines is 1. The lowest BCUT2D eigenvalue weighted by Crippen LogP contribution is -2.26. The summed E-state index contributed by atoms with van der Waals surface area (Å²) in [6.07, 6.45) is 1.50. The molecule has 1 unspecified atom stereocenters.